The van der Waals surface area contributed by atoms with Crippen LogP contribution in [0.15, 0.2) is 22.0 Å². The first-order valence-electron chi connectivity index (χ1n) is 6.27. The van der Waals surface area contributed by atoms with Gasteiger partial charge in [-0.1, -0.05) is 11.2 Å². The molecule has 0 bridgehead atoms. The molecule has 5 nitrogen and oxygen atoms in total. The number of carbonyl (C=O) groups excluding carboxylic acids is 1. The zero-order chi connectivity index (χ0) is 13.7. The van der Waals surface area contributed by atoms with Gasteiger partial charge in [0.25, 0.3) is 0 Å². The first-order chi connectivity index (χ1) is 9.15. The molecule has 2 aromatic heterocycles. The number of rotatable bonds is 6. The Morgan fingerprint density at radius 1 is 1.58 bits per heavy atom. The molecule has 0 aromatic carbocycles. The van der Waals surface area contributed by atoms with E-state index in [0.29, 0.717) is 31.0 Å². The topological polar surface area (TPSA) is 68.0 Å². The van der Waals surface area contributed by atoms with E-state index in [2.05, 4.69) is 15.5 Å². The van der Waals surface area contributed by atoms with E-state index in [-0.39, 0.29) is 11.9 Å². The number of nitrogens with one attached hydrogen (secondary N) is 1. The van der Waals surface area contributed by atoms with Crippen LogP contribution in [0.5, 0.6) is 0 Å². The van der Waals surface area contributed by atoms with Gasteiger partial charge in [-0.25, -0.2) is 0 Å². The maximum Gasteiger partial charge on any atom is 0.226 e. The van der Waals surface area contributed by atoms with Gasteiger partial charge in [0, 0.05) is 17.7 Å². The molecule has 1 atom stereocenters. The van der Waals surface area contributed by atoms with Gasteiger partial charge in [0.1, 0.15) is 0 Å². The first-order valence-corrected chi connectivity index (χ1v) is 7.15. The highest BCUT2D eigenvalue weighted by molar-refractivity contribution is 7.10. The van der Waals surface area contributed by atoms with Gasteiger partial charge in [0.05, 0.1) is 6.04 Å². The van der Waals surface area contributed by atoms with Crippen molar-refractivity contribution in [1.82, 2.24) is 15.5 Å². The van der Waals surface area contributed by atoms with Crippen molar-refractivity contribution in [3.63, 3.8) is 0 Å². The second-order valence-corrected chi connectivity index (χ2v) is 5.37. The Bertz CT molecular complexity index is 522. The smallest absolute Gasteiger partial charge is 0.226 e. The average Bonchev–Trinajstić information content (AvgIpc) is 3.00. The van der Waals surface area contributed by atoms with Crippen molar-refractivity contribution in [3.8, 4) is 0 Å². The van der Waals surface area contributed by atoms with E-state index in [0.717, 1.165) is 0 Å². The van der Waals surface area contributed by atoms with Gasteiger partial charge in [-0.15, -0.1) is 11.3 Å². The molecule has 0 spiro atoms. The highest BCUT2D eigenvalue weighted by atomic mass is 32.1. The lowest BCUT2D eigenvalue weighted by atomic mass is 10.2. The van der Waals surface area contributed by atoms with E-state index >= 15 is 0 Å². The van der Waals surface area contributed by atoms with Crippen LogP contribution >= 0.6 is 11.3 Å². The standard InChI is InChI=1S/C13H17N3O2S/c1-9(11-5-4-8-19-11)14-12(17)6-3-7-13-15-10(2)16-18-13/h4-5,8-9H,3,6-7H2,1-2H3,(H,14,17). The lowest BCUT2D eigenvalue weighted by Crippen LogP contribution is -2.25. The minimum atomic E-state index is 0.0529. The molecular weight excluding hydrogens is 262 g/mol. The number of hydrogen-bond donors (Lipinski definition) is 1. The molecule has 19 heavy (non-hydrogen) atoms. The molecule has 0 fully saturated rings. The molecule has 1 N–H and O–H groups in total. The predicted octanol–water partition coefficient (Wildman–Crippen LogP) is 2.64. The van der Waals surface area contributed by atoms with Gasteiger partial charge in [0.2, 0.25) is 11.8 Å². The third-order valence-electron chi connectivity index (χ3n) is 2.71. The summed E-state index contributed by atoms with van der Waals surface area (Å²) in [5, 5.41) is 8.70. The van der Waals surface area contributed by atoms with Crippen molar-refractivity contribution < 1.29 is 9.32 Å². The van der Waals surface area contributed by atoms with Gasteiger partial charge in [-0.2, -0.15) is 4.98 Å². The molecule has 2 rings (SSSR count). The molecule has 0 aliphatic heterocycles. The van der Waals surface area contributed by atoms with Gasteiger partial charge in [-0.3, -0.25) is 4.79 Å². The maximum atomic E-state index is 11.8. The highest BCUT2D eigenvalue weighted by Gasteiger charge is 2.10. The highest BCUT2D eigenvalue weighted by Crippen LogP contribution is 2.18. The van der Waals surface area contributed by atoms with Gasteiger partial charge >= 0.3 is 0 Å². The molecule has 2 aromatic rings. The summed E-state index contributed by atoms with van der Waals surface area (Å²) in [5.41, 5.74) is 0. The van der Waals surface area contributed by atoms with Crippen molar-refractivity contribution in [1.29, 1.82) is 0 Å². The number of aromatic nitrogens is 2. The summed E-state index contributed by atoms with van der Waals surface area (Å²) < 4.78 is 4.99. The molecule has 0 radical (unpaired) electrons. The number of carbonyl (C=O) groups is 1. The van der Waals surface area contributed by atoms with E-state index in [9.17, 15) is 4.79 Å². The lowest BCUT2D eigenvalue weighted by molar-refractivity contribution is -0.121. The van der Waals surface area contributed by atoms with Crippen molar-refractivity contribution >= 4 is 17.2 Å². The minimum Gasteiger partial charge on any atom is -0.349 e. The Morgan fingerprint density at radius 3 is 3.05 bits per heavy atom. The van der Waals surface area contributed by atoms with E-state index in [1.54, 1.807) is 18.3 Å². The molecule has 0 aliphatic rings. The Balaban J connectivity index is 1.70. The Morgan fingerprint density at radius 2 is 2.42 bits per heavy atom. The fourth-order valence-corrected chi connectivity index (χ4v) is 2.50. The van der Waals surface area contributed by atoms with Crippen LogP contribution in [0.4, 0.5) is 0 Å². The fourth-order valence-electron chi connectivity index (χ4n) is 1.76. The summed E-state index contributed by atoms with van der Waals surface area (Å²) in [6.07, 6.45) is 1.82. The summed E-state index contributed by atoms with van der Waals surface area (Å²) in [6.45, 7) is 3.77. The van der Waals surface area contributed by atoms with Crippen LogP contribution in [-0.4, -0.2) is 16.0 Å². The molecule has 1 amide bonds. The average molecular weight is 279 g/mol. The van der Waals surface area contributed by atoms with E-state index < -0.39 is 0 Å². The summed E-state index contributed by atoms with van der Waals surface area (Å²) in [6, 6.07) is 4.08. The number of nitrogens with zero attached hydrogens (tertiary/aromatic N) is 2. The van der Waals surface area contributed by atoms with Crippen molar-refractivity contribution in [2.45, 2.75) is 39.2 Å². The SMILES string of the molecule is Cc1noc(CCCC(=O)NC(C)c2cccs2)n1. The third-order valence-corrected chi connectivity index (χ3v) is 3.77. The summed E-state index contributed by atoms with van der Waals surface area (Å²) in [7, 11) is 0. The van der Waals surface area contributed by atoms with E-state index in [4.69, 9.17) is 4.52 Å². The Kier molecular flexibility index (Phi) is 4.68. The normalized spacial score (nSPS) is 12.3. The number of aryl methyl sites for hydroxylation is 2. The number of amides is 1. The quantitative estimate of drug-likeness (QED) is 0.882. The Labute approximate surface area is 116 Å². The largest absolute Gasteiger partial charge is 0.349 e. The molecule has 2 heterocycles. The molecule has 102 valence electrons. The predicted molar refractivity (Wildman–Crippen MR) is 72.8 cm³/mol. The second-order valence-electron chi connectivity index (χ2n) is 4.39. The molecule has 6 heteroatoms. The molecule has 0 aliphatic carbocycles. The maximum absolute atomic E-state index is 11.8. The molecule has 0 saturated heterocycles. The fraction of sp³-hybridized carbons (Fsp3) is 0.462. The van der Waals surface area contributed by atoms with Crippen LogP contribution in [0.3, 0.4) is 0 Å². The van der Waals surface area contributed by atoms with Crippen LogP contribution in [0.2, 0.25) is 0 Å². The third kappa shape index (κ3) is 4.17. The van der Waals surface area contributed by atoms with Gasteiger partial charge in [0.15, 0.2) is 5.82 Å². The van der Waals surface area contributed by atoms with E-state index in [1.807, 2.05) is 24.4 Å². The van der Waals surface area contributed by atoms with Crippen LogP contribution in [0, 0.1) is 6.92 Å². The van der Waals surface area contributed by atoms with Crippen molar-refractivity contribution in [2.75, 3.05) is 0 Å². The second kappa shape index (κ2) is 6.47. The zero-order valence-corrected chi connectivity index (χ0v) is 11.9. The number of hydrogen-bond acceptors (Lipinski definition) is 5. The Hall–Kier alpha value is -1.69. The molecule has 0 saturated carbocycles. The first kappa shape index (κ1) is 13.7. The summed E-state index contributed by atoms with van der Waals surface area (Å²) >= 11 is 1.65. The van der Waals surface area contributed by atoms with Gasteiger partial charge in [-0.05, 0) is 31.7 Å². The van der Waals surface area contributed by atoms with Crippen LogP contribution < -0.4 is 5.32 Å². The van der Waals surface area contributed by atoms with E-state index in [1.165, 1.54) is 4.88 Å². The minimum absolute atomic E-state index is 0.0529. The van der Waals surface area contributed by atoms with Crippen molar-refractivity contribution in [3.05, 3.63) is 34.1 Å². The van der Waals surface area contributed by atoms with Crippen LogP contribution in [-0.2, 0) is 11.2 Å². The molecule has 1 unspecified atom stereocenters. The summed E-state index contributed by atoms with van der Waals surface area (Å²) in [5.74, 6) is 1.28. The summed E-state index contributed by atoms with van der Waals surface area (Å²) in [4.78, 5) is 17.0. The lowest BCUT2D eigenvalue weighted by Gasteiger charge is -2.11. The molecular formula is C13H17N3O2S. The van der Waals surface area contributed by atoms with Crippen molar-refractivity contribution in [2.24, 2.45) is 0 Å². The zero-order valence-electron chi connectivity index (χ0n) is 11.0. The number of thiophene rings is 1. The van der Waals surface area contributed by atoms with Gasteiger partial charge < -0.3 is 9.84 Å². The monoisotopic (exact) mass is 279 g/mol. The van der Waals surface area contributed by atoms with Crippen LogP contribution in [0.25, 0.3) is 0 Å². The van der Waals surface area contributed by atoms with Crippen LogP contribution in [0.1, 0.15) is 42.4 Å².